The normalized spacial score (nSPS) is 17.9. The Morgan fingerprint density at radius 1 is 1.32 bits per heavy atom. The molecular weight excluding hydrogens is 410 g/mol. The number of hydrogen-bond acceptors (Lipinski definition) is 5. The van der Waals surface area contributed by atoms with Gasteiger partial charge in [0.05, 0.1) is 16.8 Å². The lowest BCUT2D eigenvalue weighted by atomic mass is 9.69. The van der Waals surface area contributed by atoms with Crippen LogP contribution in [0.1, 0.15) is 60.0 Å². The van der Waals surface area contributed by atoms with Gasteiger partial charge in [-0.15, -0.1) is 11.3 Å². The fourth-order valence-electron chi connectivity index (χ4n) is 4.46. The summed E-state index contributed by atoms with van der Waals surface area (Å²) in [5, 5.41) is 13.1. The Bertz CT molecular complexity index is 1130. The molecule has 2 aromatic rings. The van der Waals surface area contributed by atoms with Crippen LogP contribution in [-0.4, -0.2) is 24.1 Å². The highest BCUT2D eigenvalue weighted by atomic mass is 32.1. The molecule has 6 nitrogen and oxygen atoms in total. The average Bonchev–Trinajstić information content (AvgIpc) is 3.23. The number of para-hydroxylation sites is 1. The summed E-state index contributed by atoms with van der Waals surface area (Å²) in [6.45, 7) is 6.52. The Balaban J connectivity index is 1.53. The minimum atomic E-state index is -0.702. The Kier molecular flexibility index (Phi) is 5.44. The molecule has 0 unspecified atom stereocenters. The maximum Gasteiger partial charge on any atom is 0.299 e. The van der Waals surface area contributed by atoms with Crippen molar-refractivity contribution in [3.63, 3.8) is 0 Å². The first-order chi connectivity index (χ1) is 14.8. The fraction of sp³-hybridized carbons (Fsp3) is 0.417. The summed E-state index contributed by atoms with van der Waals surface area (Å²) in [7, 11) is 0. The summed E-state index contributed by atoms with van der Waals surface area (Å²) in [6.07, 6.45) is 3.88. The third kappa shape index (κ3) is 3.66. The summed E-state index contributed by atoms with van der Waals surface area (Å²) in [5.74, 6) is -1.17. The van der Waals surface area contributed by atoms with E-state index in [-0.39, 0.29) is 12.0 Å². The molecule has 4 rings (SSSR count). The second-order valence-corrected chi connectivity index (χ2v) is 9.99. The molecule has 31 heavy (non-hydrogen) atoms. The minimum absolute atomic E-state index is 0.230. The third-order valence-electron chi connectivity index (χ3n) is 6.83. The molecule has 1 aliphatic carbocycles. The van der Waals surface area contributed by atoms with Crippen LogP contribution in [0.2, 0.25) is 0 Å². The number of ketones is 1. The van der Waals surface area contributed by atoms with Gasteiger partial charge in [0.25, 0.3) is 11.7 Å². The van der Waals surface area contributed by atoms with Gasteiger partial charge in [0.15, 0.2) is 0 Å². The highest BCUT2D eigenvalue weighted by molar-refractivity contribution is 7.16. The summed E-state index contributed by atoms with van der Waals surface area (Å²) < 4.78 is 0. The molecule has 2 heterocycles. The number of thiophene rings is 1. The van der Waals surface area contributed by atoms with Crippen LogP contribution in [0.15, 0.2) is 24.3 Å². The van der Waals surface area contributed by atoms with E-state index in [9.17, 15) is 19.6 Å². The highest BCUT2D eigenvalue weighted by Crippen LogP contribution is 2.45. The van der Waals surface area contributed by atoms with Gasteiger partial charge < -0.3 is 5.32 Å². The number of hydrogen-bond donors (Lipinski definition) is 1. The predicted molar refractivity (Wildman–Crippen MR) is 120 cm³/mol. The Morgan fingerprint density at radius 3 is 2.77 bits per heavy atom. The summed E-state index contributed by atoms with van der Waals surface area (Å²) in [4.78, 5) is 39.6. The second-order valence-electron chi connectivity index (χ2n) is 8.89. The van der Waals surface area contributed by atoms with E-state index in [0.29, 0.717) is 27.7 Å². The van der Waals surface area contributed by atoms with Gasteiger partial charge in [-0.3, -0.25) is 19.3 Å². The van der Waals surface area contributed by atoms with Gasteiger partial charge in [-0.1, -0.05) is 39.3 Å². The molecule has 7 heteroatoms. The number of benzene rings is 1. The molecule has 1 atom stereocenters. The summed E-state index contributed by atoms with van der Waals surface area (Å²) >= 11 is 1.47. The van der Waals surface area contributed by atoms with E-state index >= 15 is 0 Å². The first-order valence-electron chi connectivity index (χ1n) is 10.6. The highest BCUT2D eigenvalue weighted by Gasteiger charge is 2.37. The van der Waals surface area contributed by atoms with Crippen LogP contribution in [0.4, 0.5) is 10.7 Å². The standard InChI is InChI=1S/C24H25N3O3S/c1-4-24(2,3)14-9-10-15-17(12-25)22(31-19(15)11-14)26-20(28)13-27-18-8-6-5-7-16(18)21(29)23(27)30/h5-8,14H,4,9-11,13H2,1-3H3,(H,26,28)/t14-/m0/s1. The first-order valence-corrected chi connectivity index (χ1v) is 11.4. The van der Waals surface area contributed by atoms with Gasteiger partial charge in [0.2, 0.25) is 5.91 Å². The van der Waals surface area contributed by atoms with Crippen molar-refractivity contribution in [3.8, 4) is 6.07 Å². The number of carbonyl (C=O) groups excluding carboxylic acids is 3. The maximum absolute atomic E-state index is 12.8. The fourth-order valence-corrected chi connectivity index (χ4v) is 5.76. The number of nitrogens with zero attached hydrogens (tertiary/aromatic N) is 2. The van der Waals surface area contributed by atoms with Gasteiger partial charge >= 0.3 is 0 Å². The summed E-state index contributed by atoms with van der Waals surface area (Å²) in [6, 6.07) is 8.92. The Hall–Kier alpha value is -2.98. The topological polar surface area (TPSA) is 90.3 Å². The number of amides is 2. The first kappa shape index (κ1) is 21.3. The summed E-state index contributed by atoms with van der Waals surface area (Å²) in [5.41, 5.74) is 2.57. The van der Waals surface area contributed by atoms with Crippen molar-refractivity contribution in [2.75, 3.05) is 16.8 Å². The number of carbonyl (C=O) groups is 3. The molecule has 1 aliphatic heterocycles. The van der Waals surface area contributed by atoms with E-state index in [1.807, 2.05) is 0 Å². The molecule has 0 fully saturated rings. The van der Waals surface area contributed by atoms with Crippen LogP contribution in [0, 0.1) is 22.7 Å². The van der Waals surface area contributed by atoms with E-state index in [1.165, 1.54) is 21.1 Å². The van der Waals surface area contributed by atoms with Crippen LogP contribution >= 0.6 is 11.3 Å². The molecule has 160 valence electrons. The zero-order valence-electron chi connectivity index (χ0n) is 17.9. The Morgan fingerprint density at radius 2 is 2.06 bits per heavy atom. The average molecular weight is 436 g/mol. The van der Waals surface area contributed by atoms with Gasteiger partial charge in [0, 0.05) is 4.88 Å². The van der Waals surface area contributed by atoms with Crippen LogP contribution in [-0.2, 0) is 22.4 Å². The molecule has 0 radical (unpaired) electrons. The molecule has 2 amide bonds. The molecular formula is C24H25N3O3S. The zero-order valence-corrected chi connectivity index (χ0v) is 18.8. The number of Topliss-reactive ketones (excluding diaryl/α,β-unsaturated/α-hetero) is 1. The van der Waals surface area contributed by atoms with Gasteiger partial charge in [0.1, 0.15) is 17.6 Å². The second kappa shape index (κ2) is 7.93. The van der Waals surface area contributed by atoms with Crippen molar-refractivity contribution in [1.82, 2.24) is 0 Å². The molecule has 1 aromatic heterocycles. The molecule has 0 spiro atoms. The molecule has 2 aliphatic rings. The lowest BCUT2D eigenvalue weighted by Gasteiger charge is -2.36. The van der Waals surface area contributed by atoms with Crippen molar-refractivity contribution in [2.45, 2.75) is 46.5 Å². The Labute approximate surface area is 185 Å². The lowest BCUT2D eigenvalue weighted by molar-refractivity contribution is -0.118. The quantitative estimate of drug-likeness (QED) is 0.708. The van der Waals surface area contributed by atoms with Crippen molar-refractivity contribution >= 4 is 39.6 Å². The van der Waals surface area contributed by atoms with Crippen molar-refractivity contribution < 1.29 is 14.4 Å². The van der Waals surface area contributed by atoms with E-state index in [4.69, 9.17) is 0 Å². The minimum Gasteiger partial charge on any atom is -0.315 e. The van der Waals surface area contributed by atoms with E-state index in [2.05, 4.69) is 32.2 Å². The third-order valence-corrected chi connectivity index (χ3v) is 8.00. The van der Waals surface area contributed by atoms with Crippen LogP contribution in [0.3, 0.4) is 0 Å². The van der Waals surface area contributed by atoms with E-state index in [1.54, 1.807) is 24.3 Å². The number of nitriles is 1. The van der Waals surface area contributed by atoms with Gasteiger partial charge in [-0.2, -0.15) is 5.26 Å². The van der Waals surface area contributed by atoms with Crippen molar-refractivity contribution in [1.29, 1.82) is 5.26 Å². The molecule has 0 saturated heterocycles. The molecule has 0 bridgehead atoms. The zero-order chi connectivity index (χ0) is 22.3. The molecule has 1 N–H and O–H groups in total. The van der Waals surface area contributed by atoms with Gasteiger partial charge in [-0.25, -0.2) is 0 Å². The van der Waals surface area contributed by atoms with Crippen molar-refractivity contribution in [3.05, 3.63) is 45.8 Å². The number of rotatable bonds is 5. The van der Waals surface area contributed by atoms with Gasteiger partial charge in [-0.05, 0) is 48.3 Å². The number of anilines is 2. The van der Waals surface area contributed by atoms with E-state index < -0.39 is 17.6 Å². The predicted octanol–water partition coefficient (Wildman–Crippen LogP) is 4.33. The van der Waals surface area contributed by atoms with Crippen LogP contribution < -0.4 is 10.2 Å². The smallest absolute Gasteiger partial charge is 0.299 e. The van der Waals surface area contributed by atoms with Crippen molar-refractivity contribution in [2.24, 2.45) is 11.3 Å². The molecule has 1 aromatic carbocycles. The van der Waals surface area contributed by atoms with Crippen LogP contribution in [0.25, 0.3) is 0 Å². The van der Waals surface area contributed by atoms with E-state index in [0.717, 1.165) is 31.2 Å². The molecule has 0 saturated carbocycles. The lowest BCUT2D eigenvalue weighted by Crippen LogP contribution is -2.37. The van der Waals surface area contributed by atoms with Crippen LogP contribution in [0.5, 0.6) is 0 Å². The number of fused-ring (bicyclic) bond motifs is 2. The SMILES string of the molecule is CCC(C)(C)[C@H]1CCc2c(sc(NC(=O)CN3C(=O)C(=O)c4ccccc43)c2C#N)C1. The largest absolute Gasteiger partial charge is 0.315 e. The maximum atomic E-state index is 12.8. The monoisotopic (exact) mass is 435 g/mol. The number of nitrogens with one attached hydrogen (secondary N) is 1.